The summed E-state index contributed by atoms with van der Waals surface area (Å²) in [6.45, 7) is 3.30. The van der Waals surface area contributed by atoms with Gasteiger partial charge < -0.3 is 42.7 Å². The van der Waals surface area contributed by atoms with Crippen LogP contribution < -0.4 is 27.4 Å². The Kier molecular flexibility index (Phi) is 12.0. The van der Waals surface area contributed by atoms with Crippen LogP contribution in [-0.2, 0) is 35.2 Å². The number of nitrogens with one attached hydrogen (secondary N) is 3. The van der Waals surface area contributed by atoms with E-state index in [1.807, 2.05) is 0 Å². The van der Waals surface area contributed by atoms with Gasteiger partial charge in [-0.05, 0) is 23.6 Å². The van der Waals surface area contributed by atoms with Crippen LogP contribution in [0.2, 0.25) is 0 Å². The van der Waals surface area contributed by atoms with Crippen LogP contribution in [0.4, 0.5) is 0 Å². The molecule has 0 aliphatic carbocycles. The summed E-state index contributed by atoms with van der Waals surface area (Å²) in [5.74, 6) is -7.08. The molecule has 0 saturated carbocycles. The van der Waals surface area contributed by atoms with E-state index < -0.39 is 78.5 Å². The Hall–Kier alpha value is -4.20. The molecule has 0 bridgehead atoms. The first-order valence-electron chi connectivity index (χ1n) is 11.4. The molecule has 0 aromatic heterocycles. The number of primary amides is 1. The van der Waals surface area contributed by atoms with Gasteiger partial charge in [-0.25, -0.2) is 4.79 Å². The number of carboxylic acids is 2. The largest absolute Gasteiger partial charge is 0.508 e. The lowest BCUT2D eigenvalue weighted by atomic mass is 9.98. The third-order valence-corrected chi connectivity index (χ3v) is 5.56. The number of rotatable bonds is 15. The van der Waals surface area contributed by atoms with Gasteiger partial charge >= 0.3 is 11.9 Å². The minimum Gasteiger partial charge on any atom is -0.508 e. The molecular formula is C23H33N5O9. The van der Waals surface area contributed by atoms with E-state index in [9.17, 15) is 44.1 Å². The number of nitrogens with two attached hydrogens (primary N) is 2. The molecular weight excluding hydrogens is 490 g/mol. The lowest BCUT2D eigenvalue weighted by molar-refractivity contribution is -0.144. The molecule has 37 heavy (non-hydrogen) atoms. The van der Waals surface area contributed by atoms with Gasteiger partial charge in [0.05, 0.1) is 18.9 Å². The minimum absolute atomic E-state index is 0.0512. The Labute approximate surface area is 212 Å². The number of phenols is 1. The predicted molar refractivity (Wildman–Crippen MR) is 129 cm³/mol. The van der Waals surface area contributed by atoms with Gasteiger partial charge in [0.2, 0.25) is 23.6 Å². The third-order valence-electron chi connectivity index (χ3n) is 5.56. The van der Waals surface area contributed by atoms with Crippen LogP contribution in [0.5, 0.6) is 5.75 Å². The Bertz CT molecular complexity index is 999. The highest BCUT2D eigenvalue weighted by Crippen LogP contribution is 2.13. The zero-order valence-corrected chi connectivity index (χ0v) is 20.5. The van der Waals surface area contributed by atoms with E-state index in [2.05, 4.69) is 16.0 Å². The second-order valence-electron chi connectivity index (χ2n) is 8.58. The number of carboxylic acid groups (broad SMARTS) is 2. The van der Waals surface area contributed by atoms with Crippen molar-refractivity contribution in [3.63, 3.8) is 0 Å². The Morgan fingerprint density at radius 3 is 1.89 bits per heavy atom. The number of phenolic OH excluding ortho intramolecular Hbond substituents is 1. The van der Waals surface area contributed by atoms with Crippen molar-refractivity contribution in [3.05, 3.63) is 29.8 Å². The molecule has 10 N–H and O–H groups in total. The molecule has 14 heteroatoms. The molecule has 1 rings (SSSR count). The molecule has 0 radical (unpaired) electrons. The zero-order valence-electron chi connectivity index (χ0n) is 20.5. The van der Waals surface area contributed by atoms with E-state index in [0.29, 0.717) is 12.0 Å². The molecule has 5 atom stereocenters. The first-order valence-corrected chi connectivity index (χ1v) is 11.4. The summed E-state index contributed by atoms with van der Waals surface area (Å²) in [5, 5.41) is 35.0. The van der Waals surface area contributed by atoms with E-state index in [4.69, 9.17) is 11.5 Å². The number of aromatic hydroxyl groups is 1. The molecule has 0 aliphatic rings. The van der Waals surface area contributed by atoms with E-state index in [1.165, 1.54) is 24.3 Å². The van der Waals surface area contributed by atoms with Crippen LogP contribution in [0.15, 0.2) is 24.3 Å². The van der Waals surface area contributed by atoms with Crippen molar-refractivity contribution in [2.45, 2.75) is 63.7 Å². The summed E-state index contributed by atoms with van der Waals surface area (Å²) in [4.78, 5) is 72.4. The van der Waals surface area contributed by atoms with Crippen LogP contribution >= 0.6 is 0 Å². The number of carbonyl (C=O) groups is 6. The topological polar surface area (TPSA) is 251 Å². The van der Waals surface area contributed by atoms with Gasteiger partial charge in [0.15, 0.2) is 0 Å². The molecule has 0 heterocycles. The minimum atomic E-state index is -1.67. The Balaban J connectivity index is 3.18. The Morgan fingerprint density at radius 1 is 0.865 bits per heavy atom. The SMILES string of the molecule is CCC(C)C(NC(=O)C(CC(=O)O)NC(=O)C(Cc1ccc(O)cc1)NC(=O)C(N)CC(N)=O)C(=O)O. The predicted octanol–water partition coefficient (Wildman–Crippen LogP) is -1.80. The maximum absolute atomic E-state index is 13.1. The second kappa shape index (κ2) is 14.4. The first kappa shape index (κ1) is 30.8. The molecule has 0 aliphatic heterocycles. The monoisotopic (exact) mass is 523 g/mol. The summed E-state index contributed by atoms with van der Waals surface area (Å²) < 4.78 is 0. The van der Waals surface area contributed by atoms with Crippen LogP contribution in [0, 0.1) is 5.92 Å². The van der Waals surface area contributed by atoms with Gasteiger partial charge in [0.25, 0.3) is 0 Å². The average Bonchev–Trinajstić information content (AvgIpc) is 2.81. The normalized spacial score (nSPS) is 14.8. The van der Waals surface area contributed by atoms with Crippen molar-refractivity contribution in [3.8, 4) is 5.75 Å². The molecule has 1 aromatic rings. The van der Waals surface area contributed by atoms with Crippen molar-refractivity contribution in [1.29, 1.82) is 0 Å². The maximum atomic E-state index is 13.1. The summed E-state index contributed by atoms with van der Waals surface area (Å²) in [6.07, 6.45) is -1.13. The smallest absolute Gasteiger partial charge is 0.326 e. The van der Waals surface area contributed by atoms with Crippen LogP contribution in [0.1, 0.15) is 38.7 Å². The lowest BCUT2D eigenvalue weighted by Gasteiger charge is -2.26. The van der Waals surface area contributed by atoms with E-state index in [-0.39, 0.29) is 12.2 Å². The van der Waals surface area contributed by atoms with Crippen LogP contribution in [-0.4, -0.2) is 75.1 Å². The third kappa shape index (κ3) is 10.5. The highest BCUT2D eigenvalue weighted by molar-refractivity contribution is 5.96. The average molecular weight is 524 g/mol. The second-order valence-corrected chi connectivity index (χ2v) is 8.58. The first-order chi connectivity index (χ1) is 17.2. The number of aliphatic carboxylic acids is 2. The van der Waals surface area contributed by atoms with Gasteiger partial charge in [0.1, 0.15) is 23.9 Å². The van der Waals surface area contributed by atoms with Crippen molar-refractivity contribution >= 4 is 35.6 Å². The summed E-state index contributed by atoms with van der Waals surface area (Å²) in [6, 6.07) is -0.146. The van der Waals surface area contributed by atoms with Crippen molar-refractivity contribution in [1.82, 2.24) is 16.0 Å². The number of carbonyl (C=O) groups excluding carboxylic acids is 4. The molecule has 14 nitrogen and oxygen atoms in total. The number of amides is 4. The summed E-state index contributed by atoms with van der Waals surface area (Å²) in [7, 11) is 0. The Morgan fingerprint density at radius 2 is 1.41 bits per heavy atom. The fourth-order valence-corrected chi connectivity index (χ4v) is 3.26. The van der Waals surface area contributed by atoms with E-state index in [1.54, 1.807) is 13.8 Å². The highest BCUT2D eigenvalue weighted by Gasteiger charge is 2.33. The van der Waals surface area contributed by atoms with E-state index >= 15 is 0 Å². The van der Waals surface area contributed by atoms with Gasteiger partial charge in [-0.3, -0.25) is 24.0 Å². The van der Waals surface area contributed by atoms with Crippen molar-refractivity contribution < 1.29 is 44.1 Å². The zero-order chi connectivity index (χ0) is 28.3. The number of hydrogen-bond acceptors (Lipinski definition) is 8. The van der Waals surface area contributed by atoms with Gasteiger partial charge in [-0.1, -0.05) is 32.4 Å². The van der Waals surface area contributed by atoms with Crippen molar-refractivity contribution in [2.24, 2.45) is 17.4 Å². The highest BCUT2D eigenvalue weighted by atomic mass is 16.4. The fraction of sp³-hybridized carbons (Fsp3) is 0.478. The lowest BCUT2D eigenvalue weighted by Crippen LogP contribution is -2.58. The van der Waals surface area contributed by atoms with Gasteiger partial charge in [0, 0.05) is 6.42 Å². The fourth-order valence-electron chi connectivity index (χ4n) is 3.26. The van der Waals surface area contributed by atoms with Gasteiger partial charge in [-0.15, -0.1) is 0 Å². The summed E-state index contributed by atoms with van der Waals surface area (Å²) in [5.41, 5.74) is 11.2. The molecule has 1 aromatic carbocycles. The van der Waals surface area contributed by atoms with Gasteiger partial charge in [-0.2, -0.15) is 0 Å². The number of hydrogen-bond donors (Lipinski definition) is 8. The molecule has 0 fully saturated rings. The number of benzene rings is 1. The quantitative estimate of drug-likeness (QED) is 0.128. The molecule has 204 valence electrons. The summed E-state index contributed by atoms with van der Waals surface area (Å²) >= 11 is 0. The standard InChI is InChI=1S/C23H33N5O9/c1-3-11(2)19(23(36)37)28-22(35)16(10-18(31)32)27-21(34)15(8-12-4-6-13(29)7-5-12)26-20(33)14(24)9-17(25)30/h4-7,11,14-16,19,29H,3,8-10,24H2,1-2H3,(H2,25,30)(H,26,33)(H,27,34)(H,28,35)(H,31,32)(H,36,37). The van der Waals surface area contributed by atoms with Crippen molar-refractivity contribution in [2.75, 3.05) is 0 Å². The molecule has 4 amide bonds. The van der Waals surface area contributed by atoms with Crippen LogP contribution in [0.25, 0.3) is 0 Å². The maximum Gasteiger partial charge on any atom is 0.326 e. The molecule has 0 saturated heterocycles. The molecule has 0 spiro atoms. The van der Waals surface area contributed by atoms with E-state index in [0.717, 1.165) is 0 Å². The van der Waals surface area contributed by atoms with Crippen LogP contribution in [0.3, 0.4) is 0 Å². The molecule has 5 unspecified atom stereocenters.